The molecule has 11 aromatic rings. The topological polar surface area (TPSA) is 9.86 Å². The molecule has 0 unspecified atom stereocenters. The van der Waals surface area contributed by atoms with Gasteiger partial charge >= 0.3 is 0 Å². The predicted octanol–water partition coefficient (Wildman–Crippen LogP) is 16.0. The number of benzene rings is 9. The molecule has 0 saturated carbocycles. The van der Waals surface area contributed by atoms with Gasteiger partial charge in [-0.15, -0.1) is 0 Å². The minimum Gasteiger partial charge on any atom is -0.309 e. The normalized spacial score (nSPS) is 14.0. The van der Waals surface area contributed by atoms with Crippen molar-refractivity contribution in [2.24, 2.45) is 0 Å². The van der Waals surface area contributed by atoms with E-state index in [-0.39, 0.29) is 5.41 Å². The van der Waals surface area contributed by atoms with Gasteiger partial charge in [0.1, 0.15) is 0 Å². The van der Waals surface area contributed by atoms with E-state index in [0.717, 1.165) is 16.5 Å². The Bertz CT molecular complexity index is 4230. The second-order valence-corrected chi connectivity index (χ2v) is 19.0. The van der Waals surface area contributed by atoms with Crippen LogP contribution in [0, 0.1) is 0 Å². The summed E-state index contributed by atoms with van der Waals surface area (Å²) in [5, 5.41) is 9.58. The van der Waals surface area contributed by atoms with Gasteiger partial charge in [0.2, 0.25) is 0 Å². The van der Waals surface area contributed by atoms with Crippen molar-refractivity contribution >= 4 is 72.1 Å². The van der Waals surface area contributed by atoms with Crippen LogP contribution in [0.5, 0.6) is 0 Å². The van der Waals surface area contributed by atoms with Crippen LogP contribution < -0.4 is 10.4 Å². The van der Waals surface area contributed by atoms with Crippen LogP contribution in [0.25, 0.3) is 117 Å². The van der Waals surface area contributed by atoms with Gasteiger partial charge in [-0.25, -0.2) is 0 Å². The molecule has 2 nitrogen and oxygen atoms in total. The third kappa shape index (κ3) is 5.64. The van der Waals surface area contributed by atoms with Gasteiger partial charge in [-0.1, -0.05) is 155 Å². The average Bonchev–Trinajstić information content (AvgIpc) is 4.06. The highest BCUT2D eigenvalue weighted by molar-refractivity contribution is 6.13. The Kier molecular flexibility index (Phi) is 8.66. The first-order valence-corrected chi connectivity index (χ1v) is 23.6. The quantitative estimate of drug-likeness (QED) is 0.151. The number of fused-ring (bicyclic) bond motifs is 11. The zero-order valence-electron chi connectivity index (χ0n) is 38.6. The van der Waals surface area contributed by atoms with Crippen molar-refractivity contribution in [2.75, 3.05) is 0 Å². The minimum atomic E-state index is -0.154. The molecule has 2 aliphatic rings. The first kappa shape index (κ1) is 39.9. The molecule has 0 fully saturated rings. The third-order valence-corrected chi connectivity index (χ3v) is 15.0. The van der Waals surface area contributed by atoms with E-state index in [0.29, 0.717) is 0 Å². The van der Waals surface area contributed by atoms with Gasteiger partial charge in [0.05, 0.1) is 22.1 Å². The summed E-state index contributed by atoms with van der Waals surface area (Å²) in [5.74, 6) is 0. The van der Waals surface area contributed by atoms with Crippen LogP contribution in [-0.4, -0.2) is 9.13 Å². The smallest absolute Gasteiger partial charge is 0.0541 e. The lowest BCUT2D eigenvalue weighted by atomic mass is 9.81. The largest absolute Gasteiger partial charge is 0.309 e. The van der Waals surface area contributed by atoms with Crippen molar-refractivity contribution in [2.45, 2.75) is 26.2 Å². The van der Waals surface area contributed by atoms with Crippen LogP contribution in [0.4, 0.5) is 0 Å². The maximum atomic E-state index is 4.51. The molecule has 2 heterocycles. The van der Waals surface area contributed by atoms with Gasteiger partial charge < -0.3 is 9.13 Å². The highest BCUT2D eigenvalue weighted by Crippen LogP contribution is 2.49. The van der Waals surface area contributed by atoms with E-state index in [1.54, 1.807) is 0 Å². The Hall–Kier alpha value is -8.46. The lowest BCUT2D eigenvalue weighted by Gasteiger charge is -2.23. The molecule has 13 rings (SSSR count). The Balaban J connectivity index is 0.886. The average molecular weight is 869 g/mol. The summed E-state index contributed by atoms with van der Waals surface area (Å²) in [7, 11) is 0. The highest BCUT2D eigenvalue weighted by atomic mass is 15.0. The van der Waals surface area contributed by atoms with Gasteiger partial charge in [-0.2, -0.15) is 0 Å². The molecular weight excluding hydrogens is 821 g/mol. The minimum absolute atomic E-state index is 0.154. The van der Waals surface area contributed by atoms with Crippen LogP contribution in [0.15, 0.2) is 219 Å². The third-order valence-electron chi connectivity index (χ3n) is 15.0. The number of hydrogen-bond acceptors (Lipinski definition) is 0. The fourth-order valence-electron chi connectivity index (χ4n) is 11.9. The molecule has 322 valence electrons. The molecule has 9 aromatic carbocycles. The van der Waals surface area contributed by atoms with Gasteiger partial charge in [0.15, 0.2) is 0 Å². The Labute approximate surface area is 396 Å². The summed E-state index contributed by atoms with van der Waals surface area (Å²) in [5.41, 5.74) is 21.7. The predicted molar refractivity (Wildman–Crippen MR) is 291 cm³/mol. The summed E-state index contributed by atoms with van der Waals surface area (Å²) in [6.07, 6.45) is 8.37. The zero-order valence-corrected chi connectivity index (χ0v) is 38.6. The van der Waals surface area contributed by atoms with Crippen LogP contribution in [0.3, 0.4) is 0 Å². The van der Waals surface area contributed by atoms with Crippen LogP contribution in [0.1, 0.15) is 37.5 Å². The molecule has 0 atom stereocenters. The van der Waals surface area contributed by atoms with Gasteiger partial charge in [0.25, 0.3) is 0 Å². The Morgan fingerprint density at radius 2 is 1.00 bits per heavy atom. The van der Waals surface area contributed by atoms with Crippen molar-refractivity contribution in [3.63, 3.8) is 0 Å². The molecule has 0 spiro atoms. The molecule has 0 N–H and O–H groups in total. The van der Waals surface area contributed by atoms with E-state index in [1.807, 2.05) is 12.2 Å². The molecule has 0 bridgehead atoms. The number of rotatable bonds is 7. The fourth-order valence-corrected chi connectivity index (χ4v) is 11.9. The zero-order chi connectivity index (χ0) is 46.0. The molecule has 68 heavy (non-hydrogen) atoms. The maximum absolute atomic E-state index is 4.51. The summed E-state index contributed by atoms with van der Waals surface area (Å²) in [6.45, 7) is 19.6. The van der Waals surface area contributed by atoms with Crippen molar-refractivity contribution in [3.8, 4) is 44.8 Å². The van der Waals surface area contributed by atoms with E-state index < -0.39 is 0 Å². The second-order valence-electron chi connectivity index (χ2n) is 19.0. The molecule has 0 amide bonds. The highest BCUT2D eigenvalue weighted by Gasteiger charge is 2.36. The molecule has 0 radical (unpaired) electrons. The Morgan fingerprint density at radius 3 is 1.66 bits per heavy atom. The van der Waals surface area contributed by atoms with E-state index in [2.05, 4.69) is 238 Å². The number of para-hydroxylation sites is 2. The number of allylic oxidation sites excluding steroid dienone is 6. The molecule has 0 saturated heterocycles. The van der Waals surface area contributed by atoms with Crippen LogP contribution >= 0.6 is 0 Å². The molecule has 2 aromatic heterocycles. The second kappa shape index (κ2) is 14.8. The number of aromatic nitrogens is 2. The standard InChI is InChI=1S/C66H48N2/c1-7-16-52-53-30-29-48(39-60(53)66(5,6)59(52)9-3)68-62-22-15-13-20-55(62)57-37-45(27-32-64(57)68)44-26-31-63-56(36-44)54-19-12-14-21-61(54)67(63)47-28-25-41-34-42(23-24-43(41)35-47)46-33-40(4)65-49(8-2)50-17-10-11-18-51(50)58(65)38-46/h7-39H,2-4H2,1,5-6H3/b16-7-. The number of nitrogens with zero attached hydrogens (tertiary/aromatic N) is 2. The SMILES string of the molecule is C=CC1=C(/C=C\C)c2ccc(-n3c4ccccc4c4cc(-c5ccc6c(c5)c5ccccc5n6-c5ccc6cc(-c7cc8c(c(=C)c7)=C(C=C)c7ccccc7-8)ccc6c5)ccc43)cc2C1(C)C. The maximum Gasteiger partial charge on any atom is 0.0541 e. The summed E-state index contributed by atoms with van der Waals surface area (Å²) >= 11 is 0. The van der Waals surface area contributed by atoms with E-state index in [4.69, 9.17) is 0 Å². The van der Waals surface area contributed by atoms with E-state index in [9.17, 15) is 0 Å². The lowest BCUT2D eigenvalue weighted by molar-refractivity contribution is 0.654. The van der Waals surface area contributed by atoms with Gasteiger partial charge in [-0.05, 0) is 174 Å². The van der Waals surface area contributed by atoms with Crippen LogP contribution in [-0.2, 0) is 5.41 Å². The lowest BCUT2D eigenvalue weighted by Crippen LogP contribution is -2.25. The van der Waals surface area contributed by atoms with Crippen LogP contribution in [0.2, 0.25) is 0 Å². The van der Waals surface area contributed by atoms with Crippen molar-refractivity contribution in [3.05, 3.63) is 246 Å². The summed E-state index contributed by atoms with van der Waals surface area (Å²) in [6, 6.07) is 65.5. The first-order chi connectivity index (χ1) is 33.2. The van der Waals surface area contributed by atoms with E-state index in [1.165, 1.54) is 127 Å². The van der Waals surface area contributed by atoms with Crippen molar-refractivity contribution in [1.29, 1.82) is 0 Å². The monoisotopic (exact) mass is 868 g/mol. The summed E-state index contributed by atoms with van der Waals surface area (Å²) < 4.78 is 4.86. The molecule has 2 aliphatic carbocycles. The molecule has 0 aliphatic heterocycles. The number of hydrogen-bond donors (Lipinski definition) is 0. The molecule has 2 heteroatoms. The van der Waals surface area contributed by atoms with E-state index >= 15 is 0 Å². The molecular formula is C66H48N2. The summed E-state index contributed by atoms with van der Waals surface area (Å²) in [4.78, 5) is 0. The van der Waals surface area contributed by atoms with Crippen molar-refractivity contribution in [1.82, 2.24) is 9.13 Å². The van der Waals surface area contributed by atoms with Gasteiger partial charge in [0, 0.05) is 38.3 Å². The fraction of sp³-hybridized carbons (Fsp3) is 0.0606. The van der Waals surface area contributed by atoms with Crippen molar-refractivity contribution < 1.29 is 0 Å². The Morgan fingerprint density at radius 1 is 0.441 bits per heavy atom. The first-order valence-electron chi connectivity index (χ1n) is 23.6. The van der Waals surface area contributed by atoms with Gasteiger partial charge in [-0.3, -0.25) is 0 Å².